The van der Waals surface area contributed by atoms with Gasteiger partial charge in [0.2, 0.25) is 0 Å². The van der Waals surface area contributed by atoms with E-state index in [4.69, 9.17) is 11.1 Å². The fourth-order valence-electron chi connectivity index (χ4n) is 2.79. The Labute approximate surface area is 134 Å². The first-order valence-electron chi connectivity index (χ1n) is 7.90. The number of halogens is 1. The van der Waals surface area contributed by atoms with Crippen molar-refractivity contribution in [3.05, 3.63) is 54.1 Å². The average molecular weight is 317 g/mol. The van der Waals surface area contributed by atoms with E-state index in [2.05, 4.69) is 76.2 Å². The predicted molar refractivity (Wildman–Crippen MR) is 98.2 cm³/mol. The summed E-state index contributed by atoms with van der Waals surface area (Å²) in [6.45, 7) is 8.96. The molecule has 2 rings (SSSR count). The third kappa shape index (κ3) is 3.41. The summed E-state index contributed by atoms with van der Waals surface area (Å²) in [6, 6.07) is 19.7. The Kier molecular flexibility index (Phi) is 5.29. The van der Waals surface area contributed by atoms with Crippen LogP contribution in [-0.2, 0) is 0 Å². The molecule has 0 unspecified atom stereocenters. The molecule has 21 heavy (non-hydrogen) atoms. The van der Waals surface area contributed by atoms with Gasteiger partial charge in [-0.1, -0.05) is 76.2 Å². The average Bonchev–Trinajstić information content (AvgIpc) is 2.54. The van der Waals surface area contributed by atoms with Crippen LogP contribution in [0.1, 0.15) is 39.2 Å². The molecular formula is C19H25ClSi. The largest absolute Gasteiger partial charge is 0.186 e. The van der Waals surface area contributed by atoms with Gasteiger partial charge in [-0.15, -0.1) is 0 Å². The van der Waals surface area contributed by atoms with E-state index < -0.39 is 7.38 Å². The van der Waals surface area contributed by atoms with Crippen molar-refractivity contribution in [2.24, 2.45) is 0 Å². The van der Waals surface area contributed by atoms with Gasteiger partial charge in [0.1, 0.15) is 0 Å². The molecule has 0 heterocycles. The van der Waals surface area contributed by atoms with E-state index in [-0.39, 0.29) is 0 Å². The smallest absolute Gasteiger partial charge is 0.161 e. The molecular weight excluding hydrogens is 292 g/mol. The molecule has 0 saturated heterocycles. The van der Waals surface area contributed by atoms with Crippen molar-refractivity contribution in [2.75, 3.05) is 0 Å². The molecule has 0 saturated carbocycles. The van der Waals surface area contributed by atoms with Crippen LogP contribution in [0.2, 0.25) is 12.1 Å². The third-order valence-electron chi connectivity index (χ3n) is 4.40. The molecule has 0 nitrogen and oxygen atoms in total. The van der Waals surface area contributed by atoms with Crippen molar-refractivity contribution in [3.8, 4) is 11.1 Å². The molecule has 112 valence electrons. The Morgan fingerprint density at radius 2 is 1.57 bits per heavy atom. The summed E-state index contributed by atoms with van der Waals surface area (Å²) in [6.07, 6.45) is 0. The molecule has 0 bridgehead atoms. The van der Waals surface area contributed by atoms with Gasteiger partial charge in [-0.25, -0.2) is 0 Å². The van der Waals surface area contributed by atoms with Crippen LogP contribution in [0.25, 0.3) is 11.1 Å². The van der Waals surface area contributed by atoms with E-state index in [0.29, 0.717) is 5.92 Å². The Hall–Kier alpha value is -1.05. The van der Waals surface area contributed by atoms with Crippen LogP contribution in [-0.4, -0.2) is 7.38 Å². The summed E-state index contributed by atoms with van der Waals surface area (Å²) in [5, 5.41) is 1.41. The van der Waals surface area contributed by atoms with E-state index in [0.717, 1.165) is 12.1 Å². The number of benzene rings is 2. The number of rotatable bonds is 5. The van der Waals surface area contributed by atoms with E-state index in [9.17, 15) is 0 Å². The Morgan fingerprint density at radius 3 is 2.10 bits per heavy atom. The van der Waals surface area contributed by atoms with Crippen LogP contribution in [0, 0.1) is 0 Å². The van der Waals surface area contributed by atoms with Crippen molar-refractivity contribution in [3.63, 3.8) is 0 Å². The summed E-state index contributed by atoms with van der Waals surface area (Å²) in [5.74, 6) is 0.539. The Balaban J connectivity index is 2.65. The molecule has 0 aromatic heterocycles. The van der Waals surface area contributed by atoms with E-state index >= 15 is 0 Å². The first-order chi connectivity index (χ1) is 10.0. The molecule has 0 aliphatic carbocycles. The van der Waals surface area contributed by atoms with Gasteiger partial charge < -0.3 is 0 Å². The number of hydrogen-bond acceptors (Lipinski definition) is 0. The zero-order valence-electron chi connectivity index (χ0n) is 13.5. The molecule has 2 aromatic carbocycles. The van der Waals surface area contributed by atoms with Gasteiger partial charge in [-0.05, 0) is 39.9 Å². The highest BCUT2D eigenvalue weighted by Gasteiger charge is 2.32. The van der Waals surface area contributed by atoms with Gasteiger partial charge in [0, 0.05) is 0 Å². The Morgan fingerprint density at radius 1 is 0.952 bits per heavy atom. The molecule has 0 N–H and O–H groups in total. The molecule has 0 amide bonds. The quantitative estimate of drug-likeness (QED) is 0.475. The molecule has 0 atom stereocenters. The van der Waals surface area contributed by atoms with Crippen LogP contribution in [0.4, 0.5) is 0 Å². The van der Waals surface area contributed by atoms with E-state index in [1.807, 2.05) is 0 Å². The summed E-state index contributed by atoms with van der Waals surface area (Å²) < 4.78 is 0. The first kappa shape index (κ1) is 16.3. The van der Waals surface area contributed by atoms with Gasteiger partial charge in [0.05, 0.1) is 0 Å². The van der Waals surface area contributed by atoms with Crippen LogP contribution in [0.15, 0.2) is 48.5 Å². The molecule has 0 fully saturated rings. The second-order valence-corrected chi connectivity index (χ2v) is 12.1. The summed E-state index contributed by atoms with van der Waals surface area (Å²) in [7, 11) is -1.91. The highest BCUT2D eigenvalue weighted by Crippen LogP contribution is 2.29. The molecule has 2 heteroatoms. The van der Waals surface area contributed by atoms with Crippen molar-refractivity contribution in [2.45, 2.75) is 45.7 Å². The Bertz CT molecular complexity index is 586. The predicted octanol–water partition coefficient (Wildman–Crippen LogP) is 5.91. The van der Waals surface area contributed by atoms with Gasteiger partial charge in [0.15, 0.2) is 7.38 Å². The molecule has 2 aromatic rings. The lowest BCUT2D eigenvalue weighted by Gasteiger charge is -2.26. The van der Waals surface area contributed by atoms with Crippen LogP contribution >= 0.6 is 11.1 Å². The second-order valence-electron chi connectivity index (χ2n) is 6.00. The minimum absolute atomic E-state index is 0.539. The van der Waals surface area contributed by atoms with E-state index in [1.54, 1.807) is 0 Å². The van der Waals surface area contributed by atoms with Gasteiger partial charge in [-0.3, -0.25) is 0 Å². The van der Waals surface area contributed by atoms with Gasteiger partial charge in [0.25, 0.3) is 0 Å². The zero-order chi connectivity index (χ0) is 15.5. The van der Waals surface area contributed by atoms with Gasteiger partial charge in [-0.2, -0.15) is 11.1 Å². The molecule has 0 aliphatic heterocycles. The minimum Gasteiger partial charge on any atom is -0.161 e. The maximum Gasteiger partial charge on any atom is 0.186 e. The number of hydrogen-bond donors (Lipinski definition) is 0. The van der Waals surface area contributed by atoms with Crippen molar-refractivity contribution in [1.29, 1.82) is 0 Å². The summed E-state index contributed by atoms with van der Waals surface area (Å²) >= 11 is 7.10. The molecule has 0 spiro atoms. The van der Waals surface area contributed by atoms with E-state index in [1.165, 1.54) is 21.9 Å². The standard InChI is InChI=1S/C19H25ClSi/c1-5-21(20,6-2)19-14-17(15(3)4)12-13-18(19)16-10-8-7-9-11-16/h7-15H,5-6H2,1-4H3. The highest BCUT2D eigenvalue weighted by molar-refractivity contribution is 7.27. The molecule has 0 aliphatic rings. The lowest BCUT2D eigenvalue weighted by Crippen LogP contribution is -2.42. The lowest BCUT2D eigenvalue weighted by atomic mass is 9.98. The van der Waals surface area contributed by atoms with Crippen molar-refractivity contribution >= 4 is 23.6 Å². The zero-order valence-corrected chi connectivity index (χ0v) is 15.2. The maximum absolute atomic E-state index is 7.10. The molecule has 0 radical (unpaired) electrons. The fourth-order valence-corrected chi connectivity index (χ4v) is 5.66. The topological polar surface area (TPSA) is 0 Å². The van der Waals surface area contributed by atoms with Crippen molar-refractivity contribution in [1.82, 2.24) is 0 Å². The fraction of sp³-hybridized carbons (Fsp3) is 0.368. The summed E-state index contributed by atoms with van der Waals surface area (Å²) in [4.78, 5) is 0. The van der Waals surface area contributed by atoms with Crippen LogP contribution < -0.4 is 5.19 Å². The SMILES string of the molecule is CC[Si](Cl)(CC)c1cc(C(C)C)ccc1-c1ccccc1. The normalized spacial score (nSPS) is 11.9. The third-order valence-corrected chi connectivity index (χ3v) is 10.2. The monoisotopic (exact) mass is 316 g/mol. The van der Waals surface area contributed by atoms with Crippen molar-refractivity contribution < 1.29 is 0 Å². The summed E-state index contributed by atoms with van der Waals surface area (Å²) in [5.41, 5.74) is 4.00. The highest BCUT2D eigenvalue weighted by atomic mass is 35.6. The first-order valence-corrected chi connectivity index (χ1v) is 11.3. The maximum atomic E-state index is 7.10. The van der Waals surface area contributed by atoms with Crippen LogP contribution in [0.5, 0.6) is 0 Å². The van der Waals surface area contributed by atoms with Crippen LogP contribution in [0.3, 0.4) is 0 Å². The van der Waals surface area contributed by atoms with Gasteiger partial charge >= 0.3 is 0 Å². The second kappa shape index (κ2) is 6.80. The lowest BCUT2D eigenvalue weighted by molar-refractivity contribution is 0.868. The minimum atomic E-state index is -1.91.